The number of ether oxygens (including phenoxy) is 1. The highest BCUT2D eigenvalue weighted by Crippen LogP contribution is 2.65. The van der Waals surface area contributed by atoms with Crippen molar-refractivity contribution in [3.8, 4) is 12.3 Å². The Morgan fingerprint density at radius 2 is 2.07 bits per heavy atom. The molecule has 3 fully saturated rings. The minimum absolute atomic E-state index is 0.0880. The maximum absolute atomic E-state index is 11.9. The second-order valence-electron chi connectivity index (χ2n) is 10.3. The van der Waals surface area contributed by atoms with Crippen molar-refractivity contribution in [1.82, 2.24) is 0 Å². The molecule has 4 aliphatic rings. The van der Waals surface area contributed by atoms with E-state index in [0.29, 0.717) is 48.2 Å². The molecule has 6 atom stereocenters. The molecule has 1 N–H and O–H groups in total. The van der Waals surface area contributed by atoms with Gasteiger partial charge in [0, 0.05) is 18.3 Å². The zero-order valence-corrected chi connectivity index (χ0v) is 18.7. The second-order valence-corrected chi connectivity index (χ2v) is 10.3. The number of hydrogen-bond donors (Lipinski definition) is 1. The van der Waals surface area contributed by atoms with Gasteiger partial charge in [0.2, 0.25) is 5.90 Å². The molecule has 4 rings (SSSR count). The fourth-order valence-corrected chi connectivity index (χ4v) is 7.46. The van der Waals surface area contributed by atoms with Gasteiger partial charge in [-0.2, -0.15) is 0 Å². The van der Waals surface area contributed by atoms with Crippen LogP contribution in [0.25, 0.3) is 0 Å². The maximum Gasteiger partial charge on any atom is 0.226 e. The fourth-order valence-electron chi connectivity index (χ4n) is 7.46. The average Bonchev–Trinajstić information content (AvgIpc) is 3.05. The summed E-state index contributed by atoms with van der Waals surface area (Å²) in [7, 11) is 0. The number of terminal acetylenes is 1. The molecule has 30 heavy (non-hydrogen) atoms. The summed E-state index contributed by atoms with van der Waals surface area (Å²) in [6, 6.07) is 0. The molecular formula is C26H37NO3. The van der Waals surface area contributed by atoms with Gasteiger partial charge in [-0.3, -0.25) is 4.79 Å². The summed E-state index contributed by atoms with van der Waals surface area (Å²) in [5, 5.41) is 13.1. The van der Waals surface area contributed by atoms with Crippen LogP contribution < -0.4 is 0 Å². The van der Waals surface area contributed by atoms with Gasteiger partial charge in [-0.05, 0) is 81.1 Å². The monoisotopic (exact) mass is 411 g/mol. The minimum Gasteiger partial charge on any atom is -0.458 e. The first-order valence-corrected chi connectivity index (χ1v) is 12.1. The first-order chi connectivity index (χ1) is 14.5. The number of oxime groups is 1. The third-order valence-corrected chi connectivity index (χ3v) is 9.05. The third kappa shape index (κ3) is 3.39. The molecule has 3 unspecified atom stereocenters. The van der Waals surface area contributed by atoms with Crippen LogP contribution in [0.15, 0.2) is 16.8 Å². The van der Waals surface area contributed by atoms with E-state index in [1.807, 2.05) is 6.08 Å². The molecule has 0 aliphatic heterocycles. The number of rotatable bonds is 5. The van der Waals surface area contributed by atoms with Crippen LogP contribution in [0.4, 0.5) is 0 Å². The minimum atomic E-state index is -0.672. The van der Waals surface area contributed by atoms with E-state index in [0.717, 1.165) is 57.8 Å². The Morgan fingerprint density at radius 1 is 1.23 bits per heavy atom. The molecule has 4 aliphatic carbocycles. The van der Waals surface area contributed by atoms with E-state index in [9.17, 15) is 10.0 Å². The van der Waals surface area contributed by atoms with Crippen molar-refractivity contribution >= 4 is 11.7 Å². The second kappa shape index (κ2) is 8.40. The summed E-state index contributed by atoms with van der Waals surface area (Å²) < 4.78 is 6.42. The first-order valence-electron chi connectivity index (χ1n) is 12.1. The van der Waals surface area contributed by atoms with E-state index in [-0.39, 0.29) is 5.41 Å². The van der Waals surface area contributed by atoms with E-state index < -0.39 is 5.60 Å². The zero-order chi connectivity index (χ0) is 21.4. The quantitative estimate of drug-likeness (QED) is 0.153. The fraction of sp³-hybridized carbons (Fsp3) is 0.769. The van der Waals surface area contributed by atoms with Gasteiger partial charge >= 0.3 is 0 Å². The van der Waals surface area contributed by atoms with Crippen LogP contribution in [-0.4, -0.2) is 22.5 Å². The Morgan fingerprint density at radius 3 is 2.80 bits per heavy atom. The molecule has 4 heteroatoms. The van der Waals surface area contributed by atoms with Gasteiger partial charge in [0.25, 0.3) is 0 Å². The zero-order valence-electron chi connectivity index (χ0n) is 18.7. The number of hydrogen-bond acceptors (Lipinski definition) is 4. The predicted octanol–water partition coefficient (Wildman–Crippen LogP) is 5.88. The number of allylic oxidation sites excluding steroid dienone is 1. The van der Waals surface area contributed by atoms with Gasteiger partial charge in [-0.25, -0.2) is 0 Å². The van der Waals surface area contributed by atoms with Crippen LogP contribution in [0.3, 0.4) is 0 Å². The number of unbranched alkanes of at least 4 members (excludes halogenated alkanes) is 2. The largest absolute Gasteiger partial charge is 0.458 e. The molecule has 0 saturated heterocycles. The third-order valence-electron chi connectivity index (χ3n) is 9.05. The molecular weight excluding hydrogens is 374 g/mol. The number of carbonyl (C=O) groups excluding carboxylic acids is 1. The standard InChI is InChI=1S/C26H37NO3/c1-4-6-7-8-24(27-29)30-26(5-2)16-14-23-22-11-9-18-17-19(28)10-12-20(18)21(22)13-15-25(23,26)3/h2,17,20-23,29H,4,6-16H2,1,3H3/b27-24+/t20-,21?,22?,23?,25-,26+/m0/s1. The highest BCUT2D eigenvalue weighted by atomic mass is 16.5. The molecule has 0 bridgehead atoms. The van der Waals surface area contributed by atoms with Crippen molar-refractivity contribution in [3.05, 3.63) is 11.6 Å². The molecule has 0 radical (unpaired) electrons. The van der Waals surface area contributed by atoms with Crippen LogP contribution in [0.2, 0.25) is 0 Å². The Hall–Kier alpha value is -1.76. The van der Waals surface area contributed by atoms with Crippen LogP contribution in [0.5, 0.6) is 0 Å². The lowest BCUT2D eigenvalue weighted by atomic mass is 9.50. The summed E-state index contributed by atoms with van der Waals surface area (Å²) in [6.07, 6.45) is 20.0. The SMILES string of the molecule is C#C[C@@]1(O/C(CCCCC)=N/O)CCC2C3CCC4=CC(=O)CC[C@@H]4C3CC[C@@]21C. The summed E-state index contributed by atoms with van der Waals surface area (Å²) in [5.74, 6) is 6.26. The molecule has 164 valence electrons. The number of carbonyl (C=O) groups is 1. The van der Waals surface area contributed by atoms with E-state index in [2.05, 4.69) is 24.9 Å². The molecule has 0 aromatic carbocycles. The molecule has 0 heterocycles. The lowest BCUT2D eigenvalue weighted by Crippen LogP contribution is -2.53. The normalized spacial score (nSPS) is 40.6. The van der Waals surface area contributed by atoms with Gasteiger partial charge in [-0.15, -0.1) is 6.42 Å². The van der Waals surface area contributed by atoms with Gasteiger partial charge in [0.05, 0.1) is 0 Å². The van der Waals surface area contributed by atoms with Crippen molar-refractivity contribution in [2.45, 2.75) is 96.5 Å². The van der Waals surface area contributed by atoms with Crippen molar-refractivity contribution < 1.29 is 14.7 Å². The van der Waals surface area contributed by atoms with Crippen LogP contribution >= 0.6 is 0 Å². The smallest absolute Gasteiger partial charge is 0.226 e. The van der Waals surface area contributed by atoms with Gasteiger partial charge in [-0.1, -0.05) is 43.3 Å². The molecule has 0 aromatic heterocycles. The van der Waals surface area contributed by atoms with Crippen molar-refractivity contribution in [3.63, 3.8) is 0 Å². The highest BCUT2D eigenvalue weighted by molar-refractivity contribution is 5.91. The van der Waals surface area contributed by atoms with E-state index >= 15 is 0 Å². The summed E-state index contributed by atoms with van der Waals surface area (Å²) >= 11 is 0. The lowest BCUT2D eigenvalue weighted by Gasteiger charge is -2.55. The van der Waals surface area contributed by atoms with E-state index in [4.69, 9.17) is 11.2 Å². The molecule has 4 nitrogen and oxygen atoms in total. The molecule has 3 saturated carbocycles. The summed E-state index contributed by atoms with van der Waals surface area (Å²) in [6.45, 7) is 4.49. The molecule has 0 spiro atoms. The van der Waals surface area contributed by atoms with Crippen molar-refractivity contribution in [1.29, 1.82) is 0 Å². The Bertz CT molecular complexity index is 778. The van der Waals surface area contributed by atoms with Crippen LogP contribution in [0, 0.1) is 41.4 Å². The Labute approximate surface area is 181 Å². The van der Waals surface area contributed by atoms with Gasteiger partial charge in [0.1, 0.15) is 0 Å². The number of fused-ring (bicyclic) bond motifs is 5. The van der Waals surface area contributed by atoms with Crippen molar-refractivity contribution in [2.24, 2.45) is 34.2 Å². The van der Waals surface area contributed by atoms with Crippen LogP contribution in [0.1, 0.15) is 90.9 Å². The molecule has 0 amide bonds. The topological polar surface area (TPSA) is 58.9 Å². The Kier molecular flexibility index (Phi) is 6.02. The maximum atomic E-state index is 11.9. The Balaban J connectivity index is 1.55. The number of nitrogens with zero attached hydrogens (tertiary/aromatic N) is 1. The van der Waals surface area contributed by atoms with E-state index in [1.165, 1.54) is 12.0 Å². The van der Waals surface area contributed by atoms with Gasteiger partial charge in [0.15, 0.2) is 11.4 Å². The number of ketones is 1. The predicted molar refractivity (Wildman–Crippen MR) is 118 cm³/mol. The van der Waals surface area contributed by atoms with Gasteiger partial charge < -0.3 is 9.94 Å². The lowest BCUT2D eigenvalue weighted by molar-refractivity contribution is -0.116. The molecule has 0 aromatic rings. The summed E-state index contributed by atoms with van der Waals surface area (Å²) in [5.41, 5.74) is 0.656. The van der Waals surface area contributed by atoms with Crippen LogP contribution in [-0.2, 0) is 9.53 Å². The first kappa shape index (κ1) is 21.5. The highest BCUT2D eigenvalue weighted by Gasteiger charge is 2.64. The average molecular weight is 412 g/mol. The summed E-state index contributed by atoms with van der Waals surface area (Å²) in [4.78, 5) is 11.9. The van der Waals surface area contributed by atoms with Crippen molar-refractivity contribution in [2.75, 3.05) is 0 Å². The van der Waals surface area contributed by atoms with E-state index in [1.54, 1.807) is 0 Å².